The summed E-state index contributed by atoms with van der Waals surface area (Å²) in [5, 5.41) is 32.6. The van der Waals surface area contributed by atoms with Crippen LogP contribution in [0.25, 0.3) is 0 Å². The highest BCUT2D eigenvalue weighted by atomic mass is 16.5. The van der Waals surface area contributed by atoms with E-state index in [-0.39, 0.29) is 55.8 Å². The summed E-state index contributed by atoms with van der Waals surface area (Å²) in [4.78, 5) is 54.7. The van der Waals surface area contributed by atoms with Crippen molar-refractivity contribution in [1.29, 1.82) is 0 Å². The fraction of sp³-hybridized carbons (Fsp3) is 0.792. The number of aliphatic hydroxyl groups excluding tert-OH is 1. The van der Waals surface area contributed by atoms with Gasteiger partial charge in [-0.2, -0.15) is 0 Å². The average Bonchev–Trinajstić information content (AvgIpc) is 3.24. The van der Waals surface area contributed by atoms with Crippen molar-refractivity contribution >= 4 is 23.4 Å². The number of Topliss-reactive ketones (excluding diaryl/α,β-unsaturated/α-hetero) is 2. The maximum absolute atomic E-state index is 13.6. The Morgan fingerprint density at radius 3 is 2.25 bits per heavy atom. The Hall–Kier alpha value is -2.78. The van der Waals surface area contributed by atoms with Gasteiger partial charge in [-0.05, 0) is 134 Å². The molecule has 9 unspecified atom stereocenters. The quantitative estimate of drug-likeness (QED) is 0.0209. The van der Waals surface area contributed by atoms with Crippen molar-refractivity contribution in [3.05, 3.63) is 35.5 Å². The maximum Gasteiger partial charge on any atom is 0.329 e. The maximum atomic E-state index is 13.6. The molecule has 1 saturated carbocycles. The number of nitrogens with two attached hydrogens (primary N) is 1. The Labute approximate surface area is 366 Å². The molecule has 1 heterocycles. The molecule has 1 amide bonds. The minimum absolute atomic E-state index is 0.0203. The average molecular weight is 863 g/mol. The molecular weight excluding hydrogens is 781 g/mol. The molecule has 0 spiro atoms. The van der Waals surface area contributed by atoms with Crippen molar-refractivity contribution in [1.82, 2.24) is 4.90 Å². The van der Waals surface area contributed by atoms with Crippen LogP contribution in [0.1, 0.15) is 144 Å². The number of unbranched alkanes of at least 4 members (excludes halogenated alkanes) is 2. The van der Waals surface area contributed by atoms with E-state index in [1.165, 1.54) is 14.0 Å². The van der Waals surface area contributed by atoms with Crippen molar-refractivity contribution in [2.24, 2.45) is 29.4 Å². The number of methoxy groups -OCH3 is 3. The molecular formula is C48H82N2O11. The molecule has 2 fully saturated rings. The summed E-state index contributed by atoms with van der Waals surface area (Å²) in [7, 11) is 4.85. The number of ether oxygens (including phenoxy) is 4. The summed E-state index contributed by atoms with van der Waals surface area (Å²) in [6.07, 6.45) is 18.6. The molecule has 0 radical (unpaired) electrons. The number of ketones is 2. The van der Waals surface area contributed by atoms with Gasteiger partial charge in [0.05, 0.1) is 24.4 Å². The SMILES string of the molecule is CCC(O)CC(=O)C(C=C(C)CC(C)CC(CC(CC(C)C(O)(O)C(=O)C(=O)N1CCCCC1C(=O)OCC(C)=CC1CCCC(OC)C1)OC)OC)CC=CCCCCN. The molecule has 5 N–H and O–H groups in total. The van der Waals surface area contributed by atoms with Crippen molar-refractivity contribution in [2.75, 3.05) is 41.0 Å². The first-order valence-corrected chi connectivity index (χ1v) is 23.0. The summed E-state index contributed by atoms with van der Waals surface area (Å²) in [5.74, 6) is -7.03. The number of amides is 1. The van der Waals surface area contributed by atoms with E-state index >= 15 is 0 Å². The third-order valence-corrected chi connectivity index (χ3v) is 12.5. The van der Waals surface area contributed by atoms with Gasteiger partial charge >= 0.3 is 5.97 Å². The van der Waals surface area contributed by atoms with E-state index in [1.807, 2.05) is 32.9 Å². The number of hydrogen-bond acceptors (Lipinski definition) is 12. The molecule has 0 aromatic rings. The molecule has 2 aliphatic rings. The van der Waals surface area contributed by atoms with Crippen LogP contribution >= 0.6 is 0 Å². The predicted octanol–water partition coefficient (Wildman–Crippen LogP) is 6.54. The lowest BCUT2D eigenvalue weighted by molar-refractivity contribution is -0.208. The topological polar surface area (TPSA) is 195 Å². The van der Waals surface area contributed by atoms with Crippen LogP contribution in [0.3, 0.4) is 0 Å². The lowest BCUT2D eigenvalue weighted by Crippen LogP contribution is -2.58. The summed E-state index contributed by atoms with van der Waals surface area (Å²) in [6.45, 7) is 10.2. The van der Waals surface area contributed by atoms with Gasteiger partial charge in [0.15, 0.2) is 0 Å². The molecule has 1 aliphatic carbocycles. The number of carbonyl (C=O) groups excluding carboxylic acids is 4. The molecule has 350 valence electrons. The van der Waals surface area contributed by atoms with Crippen LogP contribution in [-0.2, 0) is 38.1 Å². The van der Waals surface area contributed by atoms with E-state index in [0.717, 1.165) is 67.4 Å². The minimum Gasteiger partial charge on any atom is -0.460 e. The fourth-order valence-corrected chi connectivity index (χ4v) is 8.72. The van der Waals surface area contributed by atoms with Gasteiger partial charge in [-0.15, -0.1) is 0 Å². The van der Waals surface area contributed by atoms with Crippen LogP contribution in [0.2, 0.25) is 0 Å². The third-order valence-electron chi connectivity index (χ3n) is 12.5. The highest BCUT2D eigenvalue weighted by molar-refractivity contribution is 6.39. The molecule has 13 nitrogen and oxygen atoms in total. The van der Waals surface area contributed by atoms with E-state index < -0.39 is 47.6 Å². The Kier molecular flexibility index (Phi) is 25.7. The molecule has 2 rings (SSSR count). The van der Waals surface area contributed by atoms with Crippen LogP contribution in [0.5, 0.6) is 0 Å². The smallest absolute Gasteiger partial charge is 0.329 e. The fourth-order valence-electron chi connectivity index (χ4n) is 8.72. The Morgan fingerprint density at radius 2 is 1.59 bits per heavy atom. The van der Waals surface area contributed by atoms with Gasteiger partial charge < -0.3 is 44.9 Å². The van der Waals surface area contributed by atoms with Crippen LogP contribution in [0.15, 0.2) is 35.5 Å². The summed E-state index contributed by atoms with van der Waals surface area (Å²) in [6, 6.07) is -1.000. The van der Waals surface area contributed by atoms with Crippen LogP contribution < -0.4 is 5.73 Å². The zero-order valence-electron chi connectivity index (χ0n) is 38.8. The highest BCUT2D eigenvalue weighted by Gasteiger charge is 2.48. The van der Waals surface area contributed by atoms with Gasteiger partial charge in [-0.3, -0.25) is 14.4 Å². The Morgan fingerprint density at radius 1 is 0.885 bits per heavy atom. The summed E-state index contributed by atoms with van der Waals surface area (Å²) in [5.41, 5.74) is 7.58. The normalized spacial score (nSPS) is 22.4. The molecule has 0 aromatic carbocycles. The first-order valence-electron chi connectivity index (χ1n) is 23.0. The zero-order valence-corrected chi connectivity index (χ0v) is 38.8. The van der Waals surface area contributed by atoms with Crippen molar-refractivity contribution in [3.63, 3.8) is 0 Å². The molecule has 1 aliphatic heterocycles. The Bertz CT molecular complexity index is 1430. The standard InChI is InChI=1S/C48H82N2O11/c1-9-39(51)30-44(52)38(19-13-11-10-12-15-22-49)26-33(2)24-34(3)27-41(59-7)31-42(60-8)28-36(5)48(56,57)45(53)46(54)50-23-16-14-21-43(50)47(55)61-32-35(4)25-37-18-17-20-40(29-37)58-6/h11,13,25-26,34,36-43,51,56-57H,9-10,12,14-24,27-32,49H2,1-8H3. The minimum atomic E-state index is -3.00. The number of carbonyl (C=O) groups is 4. The molecule has 9 atom stereocenters. The van der Waals surface area contributed by atoms with E-state index in [2.05, 4.69) is 19.1 Å². The van der Waals surface area contributed by atoms with Crippen LogP contribution in [0.4, 0.5) is 0 Å². The lowest BCUT2D eigenvalue weighted by atomic mass is 9.86. The first kappa shape index (κ1) is 54.4. The van der Waals surface area contributed by atoms with Gasteiger partial charge in [0.2, 0.25) is 5.79 Å². The van der Waals surface area contributed by atoms with E-state index in [9.17, 15) is 34.5 Å². The second-order valence-corrected chi connectivity index (χ2v) is 17.9. The number of likely N-dealkylation sites (tertiary alicyclic amines) is 1. The number of allylic oxidation sites excluding steroid dienone is 5. The van der Waals surface area contributed by atoms with Gasteiger partial charge in [-0.1, -0.05) is 57.1 Å². The van der Waals surface area contributed by atoms with Gasteiger partial charge in [0, 0.05) is 46.1 Å². The molecule has 1 saturated heterocycles. The second-order valence-electron chi connectivity index (χ2n) is 17.9. The Balaban J connectivity index is 2.02. The van der Waals surface area contributed by atoms with E-state index in [4.69, 9.17) is 24.7 Å². The second kappa shape index (κ2) is 28.8. The van der Waals surface area contributed by atoms with Crippen LogP contribution in [0, 0.1) is 23.7 Å². The van der Waals surface area contributed by atoms with E-state index in [1.54, 1.807) is 14.2 Å². The van der Waals surface area contributed by atoms with Gasteiger partial charge in [0.1, 0.15) is 18.4 Å². The third kappa shape index (κ3) is 19.2. The van der Waals surface area contributed by atoms with Crippen LogP contribution in [-0.4, -0.2) is 121 Å². The number of piperidine rings is 1. The van der Waals surface area contributed by atoms with Crippen molar-refractivity contribution in [3.8, 4) is 0 Å². The van der Waals surface area contributed by atoms with Crippen molar-refractivity contribution in [2.45, 2.75) is 180 Å². The molecule has 0 aromatic heterocycles. The van der Waals surface area contributed by atoms with E-state index in [0.29, 0.717) is 57.4 Å². The van der Waals surface area contributed by atoms with Crippen molar-refractivity contribution < 1.29 is 53.4 Å². The molecule has 0 bridgehead atoms. The highest BCUT2D eigenvalue weighted by Crippen LogP contribution is 2.30. The summed E-state index contributed by atoms with van der Waals surface area (Å²) < 4.78 is 22.8. The zero-order chi connectivity index (χ0) is 45.5. The number of hydrogen-bond donors (Lipinski definition) is 4. The van der Waals surface area contributed by atoms with Gasteiger partial charge in [0.25, 0.3) is 11.7 Å². The number of aliphatic hydroxyl groups is 3. The largest absolute Gasteiger partial charge is 0.460 e. The molecule has 61 heavy (non-hydrogen) atoms. The number of rotatable bonds is 29. The predicted molar refractivity (Wildman–Crippen MR) is 237 cm³/mol. The lowest BCUT2D eigenvalue weighted by Gasteiger charge is -2.36. The van der Waals surface area contributed by atoms with Gasteiger partial charge in [-0.25, -0.2) is 4.79 Å². The monoisotopic (exact) mass is 863 g/mol. The first-order chi connectivity index (χ1) is 29.0. The summed E-state index contributed by atoms with van der Waals surface area (Å²) >= 11 is 0. The number of esters is 1. The molecule has 13 heteroatoms. The number of nitrogens with zero attached hydrogens (tertiary/aromatic N) is 1.